The molecule has 1 amide bonds. The van der Waals surface area contributed by atoms with E-state index in [-0.39, 0.29) is 18.1 Å². The first-order valence-electron chi connectivity index (χ1n) is 4.78. The molecule has 1 rings (SSSR count). The Bertz CT molecular complexity index is 409. The van der Waals surface area contributed by atoms with Crippen molar-refractivity contribution in [1.29, 1.82) is 0 Å². The molecule has 0 unspecified atom stereocenters. The van der Waals surface area contributed by atoms with Crippen molar-refractivity contribution in [3.63, 3.8) is 0 Å². The quantitative estimate of drug-likeness (QED) is 0.683. The molecule has 0 fully saturated rings. The van der Waals surface area contributed by atoms with Gasteiger partial charge in [-0.15, -0.1) is 0 Å². The number of carbonyl (C=O) groups excluding carboxylic acids is 2. The normalized spacial score (nSPS) is 10.0. The van der Waals surface area contributed by atoms with Crippen LogP contribution < -0.4 is 0 Å². The third kappa shape index (κ3) is 2.39. The van der Waals surface area contributed by atoms with E-state index in [1.165, 1.54) is 22.8 Å². The maximum Gasteiger partial charge on any atom is 0.356 e. The molecule has 0 N–H and O–H groups in total. The number of aromatic nitrogens is 2. The predicted molar refractivity (Wildman–Crippen MR) is 57.0 cm³/mol. The van der Waals surface area contributed by atoms with Crippen molar-refractivity contribution < 1.29 is 14.3 Å². The predicted octanol–water partition coefficient (Wildman–Crippen LogP) is 0.0663. The smallest absolute Gasteiger partial charge is 0.356 e. The molecule has 0 saturated heterocycles. The first kappa shape index (κ1) is 12.2. The highest BCUT2D eigenvalue weighted by atomic mass is 16.5. The molecule has 6 heteroatoms. The number of ether oxygens (including phenoxy) is 1. The molecule has 1 heterocycles. The summed E-state index contributed by atoms with van der Waals surface area (Å²) in [6.45, 7) is 1.82. The molecule has 0 aliphatic rings. The number of carbonyl (C=O) groups is 2. The Balaban J connectivity index is 2.98. The summed E-state index contributed by atoms with van der Waals surface area (Å²) in [5.74, 6) is 0.00834. The molecular weight excluding hydrogens is 210 g/mol. The second-order valence-electron chi connectivity index (χ2n) is 3.56. The summed E-state index contributed by atoms with van der Waals surface area (Å²) in [7, 11) is 4.61. The Morgan fingerprint density at radius 1 is 1.50 bits per heavy atom. The second-order valence-corrected chi connectivity index (χ2v) is 3.56. The van der Waals surface area contributed by atoms with Crippen molar-refractivity contribution in [2.45, 2.75) is 13.5 Å². The third-order valence-corrected chi connectivity index (χ3v) is 2.24. The van der Waals surface area contributed by atoms with Crippen LogP contribution in [-0.4, -0.2) is 47.5 Å². The van der Waals surface area contributed by atoms with Gasteiger partial charge in [0.15, 0.2) is 0 Å². The van der Waals surface area contributed by atoms with E-state index < -0.39 is 5.97 Å². The molecule has 88 valence electrons. The van der Waals surface area contributed by atoms with Crippen molar-refractivity contribution in [3.8, 4) is 0 Å². The van der Waals surface area contributed by atoms with E-state index in [2.05, 4.69) is 9.72 Å². The molecular formula is C10H15N3O3. The van der Waals surface area contributed by atoms with Gasteiger partial charge in [-0.25, -0.2) is 9.78 Å². The minimum Gasteiger partial charge on any atom is -0.464 e. The number of methoxy groups -OCH3 is 1. The van der Waals surface area contributed by atoms with E-state index in [0.717, 1.165) is 0 Å². The minimum absolute atomic E-state index is 0.0866. The van der Waals surface area contributed by atoms with Crippen molar-refractivity contribution in [2.24, 2.45) is 0 Å². The van der Waals surface area contributed by atoms with Crippen LogP contribution in [0.5, 0.6) is 0 Å². The number of rotatable bonds is 3. The van der Waals surface area contributed by atoms with Gasteiger partial charge in [-0.1, -0.05) is 0 Å². The number of aryl methyl sites for hydroxylation is 1. The summed E-state index contributed by atoms with van der Waals surface area (Å²) >= 11 is 0. The lowest BCUT2D eigenvalue weighted by Gasteiger charge is -2.13. The molecule has 6 nitrogen and oxygen atoms in total. The van der Waals surface area contributed by atoms with Gasteiger partial charge >= 0.3 is 5.97 Å². The van der Waals surface area contributed by atoms with Crippen LogP contribution in [0.25, 0.3) is 0 Å². The number of imidazole rings is 1. The van der Waals surface area contributed by atoms with Gasteiger partial charge in [0.25, 0.3) is 0 Å². The lowest BCUT2D eigenvalue weighted by Crippen LogP contribution is -2.28. The van der Waals surface area contributed by atoms with Crippen molar-refractivity contribution in [1.82, 2.24) is 14.5 Å². The van der Waals surface area contributed by atoms with Crippen molar-refractivity contribution >= 4 is 11.9 Å². The zero-order chi connectivity index (χ0) is 12.3. The number of hydrogen-bond acceptors (Lipinski definition) is 4. The molecule has 0 aliphatic heterocycles. The molecule has 0 aromatic carbocycles. The van der Waals surface area contributed by atoms with Crippen LogP contribution in [0.1, 0.15) is 16.3 Å². The molecule has 0 radical (unpaired) electrons. The van der Waals surface area contributed by atoms with Crippen LogP contribution >= 0.6 is 0 Å². The summed E-state index contributed by atoms with van der Waals surface area (Å²) < 4.78 is 6.14. The molecule has 0 saturated carbocycles. The number of likely N-dealkylation sites (N-methyl/N-ethyl adjacent to an activating group) is 1. The molecule has 0 aliphatic carbocycles. The monoisotopic (exact) mass is 225 g/mol. The standard InChI is InChI=1S/C10H15N3O3/c1-7-11-5-8(10(15)16-4)13(7)6-9(14)12(2)3/h5H,6H2,1-4H3. The highest BCUT2D eigenvalue weighted by molar-refractivity contribution is 5.88. The number of amides is 1. The summed E-state index contributed by atoms with van der Waals surface area (Å²) in [6, 6.07) is 0. The maximum atomic E-state index is 11.6. The number of hydrogen-bond donors (Lipinski definition) is 0. The van der Waals surface area contributed by atoms with E-state index in [4.69, 9.17) is 0 Å². The number of nitrogens with zero attached hydrogens (tertiary/aromatic N) is 3. The fraction of sp³-hybridized carbons (Fsp3) is 0.500. The van der Waals surface area contributed by atoms with Crippen LogP contribution in [0.2, 0.25) is 0 Å². The fourth-order valence-corrected chi connectivity index (χ4v) is 1.21. The Morgan fingerprint density at radius 2 is 2.12 bits per heavy atom. The zero-order valence-corrected chi connectivity index (χ0v) is 9.85. The summed E-state index contributed by atoms with van der Waals surface area (Å²) in [5.41, 5.74) is 0.287. The topological polar surface area (TPSA) is 64.4 Å². The second kappa shape index (κ2) is 4.78. The van der Waals surface area contributed by atoms with E-state index in [9.17, 15) is 9.59 Å². The fourth-order valence-electron chi connectivity index (χ4n) is 1.21. The summed E-state index contributed by atoms with van der Waals surface area (Å²) in [6.07, 6.45) is 1.41. The molecule has 0 atom stereocenters. The van der Waals surface area contributed by atoms with Gasteiger partial charge in [0, 0.05) is 14.1 Å². The van der Waals surface area contributed by atoms with Crippen LogP contribution in [0.4, 0.5) is 0 Å². The Labute approximate surface area is 93.8 Å². The highest BCUT2D eigenvalue weighted by Gasteiger charge is 2.17. The summed E-state index contributed by atoms with van der Waals surface area (Å²) in [5, 5.41) is 0. The first-order valence-corrected chi connectivity index (χ1v) is 4.78. The minimum atomic E-state index is -0.493. The van der Waals surface area contributed by atoms with E-state index in [1.807, 2.05) is 0 Å². The maximum absolute atomic E-state index is 11.6. The summed E-state index contributed by atoms with van der Waals surface area (Å²) in [4.78, 5) is 28.4. The van der Waals surface area contributed by atoms with Gasteiger partial charge in [0.2, 0.25) is 5.91 Å². The Morgan fingerprint density at radius 3 is 2.62 bits per heavy atom. The van der Waals surface area contributed by atoms with Crippen LogP contribution in [-0.2, 0) is 16.1 Å². The van der Waals surface area contributed by atoms with Crippen molar-refractivity contribution in [2.75, 3.05) is 21.2 Å². The average Bonchev–Trinajstić information content (AvgIpc) is 2.59. The van der Waals surface area contributed by atoms with E-state index in [0.29, 0.717) is 5.82 Å². The highest BCUT2D eigenvalue weighted by Crippen LogP contribution is 2.06. The van der Waals surface area contributed by atoms with Gasteiger partial charge in [-0.2, -0.15) is 0 Å². The molecule has 0 spiro atoms. The lowest BCUT2D eigenvalue weighted by molar-refractivity contribution is -0.129. The molecule has 1 aromatic rings. The molecule has 1 aromatic heterocycles. The Kier molecular flexibility index (Phi) is 3.65. The first-order chi connectivity index (χ1) is 7.47. The molecule has 0 bridgehead atoms. The van der Waals surface area contributed by atoms with Gasteiger partial charge in [-0.3, -0.25) is 4.79 Å². The van der Waals surface area contributed by atoms with Gasteiger partial charge in [0.1, 0.15) is 18.1 Å². The number of esters is 1. The van der Waals surface area contributed by atoms with E-state index in [1.54, 1.807) is 21.0 Å². The van der Waals surface area contributed by atoms with Crippen molar-refractivity contribution in [3.05, 3.63) is 17.7 Å². The van der Waals surface area contributed by atoms with Crippen LogP contribution in [0, 0.1) is 6.92 Å². The SMILES string of the molecule is COC(=O)c1cnc(C)n1CC(=O)N(C)C. The van der Waals surface area contributed by atoms with Crippen LogP contribution in [0.15, 0.2) is 6.20 Å². The molecule has 16 heavy (non-hydrogen) atoms. The largest absolute Gasteiger partial charge is 0.464 e. The average molecular weight is 225 g/mol. The third-order valence-electron chi connectivity index (χ3n) is 2.24. The zero-order valence-electron chi connectivity index (χ0n) is 9.85. The van der Waals surface area contributed by atoms with Crippen LogP contribution in [0.3, 0.4) is 0 Å². The Hall–Kier alpha value is -1.85. The van der Waals surface area contributed by atoms with E-state index >= 15 is 0 Å². The lowest BCUT2D eigenvalue weighted by atomic mass is 10.4. The van der Waals surface area contributed by atoms with Gasteiger partial charge in [0.05, 0.1) is 13.3 Å². The van der Waals surface area contributed by atoms with Gasteiger partial charge in [-0.05, 0) is 6.92 Å². The van der Waals surface area contributed by atoms with Gasteiger partial charge < -0.3 is 14.2 Å².